The van der Waals surface area contributed by atoms with Gasteiger partial charge in [0.05, 0.1) is 0 Å². The van der Waals surface area contributed by atoms with Crippen LogP contribution in [-0.2, 0) is 17.6 Å². The highest BCUT2D eigenvalue weighted by atomic mass is 16.5. The first kappa shape index (κ1) is 15.6. The predicted molar refractivity (Wildman–Crippen MR) is 89.8 cm³/mol. The molecule has 4 rings (SSSR count). The zero-order chi connectivity index (χ0) is 17.4. The van der Waals surface area contributed by atoms with Gasteiger partial charge in [-0.2, -0.15) is 4.98 Å². The number of para-hydroxylation sites is 1. The van der Waals surface area contributed by atoms with Gasteiger partial charge < -0.3 is 8.94 Å². The molecule has 1 atom stereocenters. The summed E-state index contributed by atoms with van der Waals surface area (Å²) in [4.78, 5) is 22.7. The molecule has 1 aliphatic rings. The average molecular weight is 338 g/mol. The second-order valence-corrected chi connectivity index (χ2v) is 6.07. The maximum Gasteiger partial charge on any atom is 0.250 e. The fraction of sp³-hybridized carbons (Fsp3) is 0.333. The van der Waals surface area contributed by atoms with E-state index in [1.807, 2.05) is 24.3 Å². The van der Waals surface area contributed by atoms with Crippen LogP contribution in [0, 0.1) is 0 Å². The molecule has 0 bridgehead atoms. The molecule has 25 heavy (non-hydrogen) atoms. The molecule has 7 heteroatoms. The van der Waals surface area contributed by atoms with Crippen LogP contribution < -0.4 is 4.90 Å². The number of rotatable bonds is 4. The van der Waals surface area contributed by atoms with Crippen molar-refractivity contribution in [1.29, 1.82) is 0 Å². The number of carbonyl (C=O) groups excluding carboxylic acids is 1. The van der Waals surface area contributed by atoms with Crippen molar-refractivity contribution in [3.8, 4) is 11.5 Å². The number of oxazole rings is 1. The van der Waals surface area contributed by atoms with Crippen molar-refractivity contribution in [1.82, 2.24) is 15.1 Å². The first-order valence-electron chi connectivity index (χ1n) is 8.33. The normalized spacial score (nSPS) is 16.2. The number of hydrogen-bond acceptors (Lipinski definition) is 6. The highest BCUT2D eigenvalue weighted by Gasteiger charge is 2.36. The van der Waals surface area contributed by atoms with E-state index in [0.717, 1.165) is 24.1 Å². The number of aromatic nitrogens is 3. The zero-order valence-corrected chi connectivity index (χ0v) is 14.1. The SMILES string of the molecule is CCCc1nc(-c2noc([C@@H]3Cc4ccccc4N3C(C)=O)n2)co1. The third-order valence-corrected chi connectivity index (χ3v) is 4.29. The topological polar surface area (TPSA) is 85.3 Å². The van der Waals surface area contributed by atoms with Gasteiger partial charge in [-0.05, 0) is 18.1 Å². The van der Waals surface area contributed by atoms with Gasteiger partial charge in [-0.1, -0.05) is 30.3 Å². The highest BCUT2D eigenvalue weighted by molar-refractivity contribution is 5.94. The molecule has 0 aliphatic carbocycles. The summed E-state index contributed by atoms with van der Waals surface area (Å²) in [7, 11) is 0. The lowest BCUT2D eigenvalue weighted by molar-refractivity contribution is -0.117. The number of anilines is 1. The lowest BCUT2D eigenvalue weighted by atomic mass is 10.1. The van der Waals surface area contributed by atoms with Gasteiger partial charge >= 0.3 is 0 Å². The Kier molecular flexibility index (Phi) is 3.83. The van der Waals surface area contributed by atoms with Crippen molar-refractivity contribution in [3.63, 3.8) is 0 Å². The van der Waals surface area contributed by atoms with E-state index in [1.54, 1.807) is 11.8 Å². The predicted octanol–water partition coefficient (Wildman–Crippen LogP) is 3.33. The number of carbonyl (C=O) groups is 1. The summed E-state index contributed by atoms with van der Waals surface area (Å²) in [5.41, 5.74) is 2.53. The van der Waals surface area contributed by atoms with E-state index in [1.165, 1.54) is 6.26 Å². The Balaban J connectivity index is 1.64. The van der Waals surface area contributed by atoms with Gasteiger partial charge in [-0.25, -0.2) is 4.98 Å². The fourth-order valence-corrected chi connectivity index (χ4v) is 3.19. The molecule has 3 heterocycles. The van der Waals surface area contributed by atoms with Gasteiger partial charge in [0.1, 0.15) is 18.0 Å². The van der Waals surface area contributed by atoms with Crippen molar-refractivity contribution >= 4 is 11.6 Å². The van der Waals surface area contributed by atoms with Gasteiger partial charge in [0, 0.05) is 25.5 Å². The Bertz CT molecular complexity index is 914. The molecule has 0 saturated carbocycles. The van der Waals surface area contributed by atoms with E-state index in [-0.39, 0.29) is 11.9 Å². The van der Waals surface area contributed by atoms with Crippen molar-refractivity contribution in [2.45, 2.75) is 39.2 Å². The summed E-state index contributed by atoms with van der Waals surface area (Å²) in [5.74, 6) is 1.38. The first-order chi connectivity index (χ1) is 12.2. The second kappa shape index (κ2) is 6.16. The van der Waals surface area contributed by atoms with Crippen LogP contribution in [0.5, 0.6) is 0 Å². The second-order valence-electron chi connectivity index (χ2n) is 6.07. The average Bonchev–Trinajstić information content (AvgIpc) is 3.32. The molecular weight excluding hydrogens is 320 g/mol. The molecule has 7 nitrogen and oxygen atoms in total. The minimum atomic E-state index is -0.293. The third kappa shape index (κ3) is 2.71. The number of fused-ring (bicyclic) bond motifs is 1. The fourth-order valence-electron chi connectivity index (χ4n) is 3.19. The zero-order valence-electron chi connectivity index (χ0n) is 14.1. The van der Waals surface area contributed by atoms with Crippen LogP contribution in [0.2, 0.25) is 0 Å². The van der Waals surface area contributed by atoms with Crippen molar-refractivity contribution in [3.05, 3.63) is 47.9 Å². The Morgan fingerprint density at radius 2 is 2.16 bits per heavy atom. The Labute approximate surface area is 144 Å². The smallest absolute Gasteiger partial charge is 0.250 e. The minimum Gasteiger partial charge on any atom is -0.448 e. The summed E-state index contributed by atoms with van der Waals surface area (Å²) in [6.07, 6.45) is 3.90. The molecule has 128 valence electrons. The molecule has 1 amide bonds. The van der Waals surface area contributed by atoms with Crippen LogP contribution >= 0.6 is 0 Å². The lowest BCUT2D eigenvalue weighted by Crippen LogP contribution is -2.30. The maximum atomic E-state index is 12.2. The summed E-state index contributed by atoms with van der Waals surface area (Å²) < 4.78 is 10.9. The van der Waals surface area contributed by atoms with Gasteiger partial charge in [0.15, 0.2) is 5.89 Å². The quantitative estimate of drug-likeness (QED) is 0.725. The van der Waals surface area contributed by atoms with E-state index < -0.39 is 0 Å². The molecule has 0 spiro atoms. The molecule has 1 aromatic carbocycles. The van der Waals surface area contributed by atoms with Crippen LogP contribution in [0.25, 0.3) is 11.5 Å². The summed E-state index contributed by atoms with van der Waals surface area (Å²) in [5, 5.41) is 4.01. The van der Waals surface area contributed by atoms with Crippen LogP contribution in [0.1, 0.15) is 43.7 Å². The van der Waals surface area contributed by atoms with E-state index in [4.69, 9.17) is 8.94 Å². The van der Waals surface area contributed by atoms with Crippen LogP contribution in [-0.4, -0.2) is 21.0 Å². The highest BCUT2D eigenvalue weighted by Crippen LogP contribution is 2.40. The molecule has 0 radical (unpaired) electrons. The van der Waals surface area contributed by atoms with Crippen molar-refractivity contribution in [2.75, 3.05) is 4.90 Å². The molecule has 0 unspecified atom stereocenters. The Morgan fingerprint density at radius 1 is 1.32 bits per heavy atom. The maximum absolute atomic E-state index is 12.2. The molecule has 1 aliphatic heterocycles. The minimum absolute atomic E-state index is 0.0543. The molecule has 3 aromatic rings. The van der Waals surface area contributed by atoms with Crippen molar-refractivity contribution < 1.29 is 13.7 Å². The largest absolute Gasteiger partial charge is 0.448 e. The van der Waals surface area contributed by atoms with E-state index in [9.17, 15) is 4.79 Å². The standard InChI is InChI=1S/C18H18N4O3/c1-3-6-16-19-13(10-24-16)17-20-18(25-21-17)15-9-12-7-4-5-8-14(12)22(15)11(2)23/h4-5,7-8,10,15H,3,6,9H2,1-2H3/t15-/m0/s1. The van der Waals surface area contributed by atoms with Crippen molar-refractivity contribution in [2.24, 2.45) is 0 Å². The van der Waals surface area contributed by atoms with E-state index in [0.29, 0.717) is 29.7 Å². The monoisotopic (exact) mass is 338 g/mol. The summed E-state index contributed by atoms with van der Waals surface area (Å²) >= 11 is 0. The Hall–Kier alpha value is -2.96. The molecule has 0 N–H and O–H groups in total. The van der Waals surface area contributed by atoms with Crippen LogP contribution in [0.3, 0.4) is 0 Å². The number of amides is 1. The third-order valence-electron chi connectivity index (χ3n) is 4.29. The molecule has 0 fully saturated rings. The van der Waals surface area contributed by atoms with Gasteiger partial charge in [-0.3, -0.25) is 9.69 Å². The van der Waals surface area contributed by atoms with Gasteiger partial charge in [0.25, 0.3) is 5.89 Å². The van der Waals surface area contributed by atoms with E-state index >= 15 is 0 Å². The molecule has 2 aromatic heterocycles. The first-order valence-corrected chi connectivity index (χ1v) is 8.33. The molecule has 0 saturated heterocycles. The summed E-state index contributed by atoms with van der Waals surface area (Å²) in [6.45, 7) is 3.60. The van der Waals surface area contributed by atoms with E-state index in [2.05, 4.69) is 22.0 Å². The number of nitrogens with zero attached hydrogens (tertiary/aromatic N) is 4. The number of hydrogen-bond donors (Lipinski definition) is 0. The number of aryl methyl sites for hydroxylation is 1. The summed E-state index contributed by atoms with van der Waals surface area (Å²) in [6, 6.07) is 7.53. The lowest BCUT2D eigenvalue weighted by Gasteiger charge is -2.20. The van der Waals surface area contributed by atoms with Crippen LogP contribution in [0.15, 0.2) is 39.5 Å². The Morgan fingerprint density at radius 3 is 2.96 bits per heavy atom. The number of benzene rings is 1. The van der Waals surface area contributed by atoms with Gasteiger partial charge in [-0.15, -0.1) is 0 Å². The van der Waals surface area contributed by atoms with Gasteiger partial charge in [0.2, 0.25) is 11.7 Å². The van der Waals surface area contributed by atoms with Crippen LogP contribution in [0.4, 0.5) is 5.69 Å². The molecular formula is C18H18N4O3.